The van der Waals surface area contributed by atoms with Crippen LogP contribution >= 0.6 is 0 Å². The smallest absolute Gasteiger partial charge is 0.331 e. The van der Waals surface area contributed by atoms with Crippen LogP contribution in [0.3, 0.4) is 0 Å². The second-order valence-corrected chi connectivity index (χ2v) is 6.23. The molecule has 0 bridgehead atoms. The third-order valence-corrected chi connectivity index (χ3v) is 4.13. The van der Waals surface area contributed by atoms with Gasteiger partial charge >= 0.3 is 5.97 Å². The molecule has 2 N–H and O–H groups in total. The standard InChI is InChI=1S/C23H22N2O4/c1-27-22-14-17(4-8-21(22)24)5-9-23(26)29-16-18-2-6-20(7-3-18)28-15-19-10-12-25-13-11-19/h2-14H,15-16,24H2,1H3/b9-5+. The van der Waals surface area contributed by atoms with Crippen molar-refractivity contribution in [3.63, 3.8) is 0 Å². The first-order valence-electron chi connectivity index (χ1n) is 9.03. The SMILES string of the molecule is COc1cc(/C=C/C(=O)OCc2ccc(OCc3ccncc3)cc2)ccc1N. The minimum absolute atomic E-state index is 0.179. The van der Waals surface area contributed by atoms with Gasteiger partial charge in [0, 0.05) is 18.5 Å². The van der Waals surface area contributed by atoms with E-state index >= 15 is 0 Å². The van der Waals surface area contributed by atoms with Gasteiger partial charge in [0.25, 0.3) is 0 Å². The Morgan fingerprint density at radius 2 is 1.72 bits per heavy atom. The first-order chi connectivity index (χ1) is 14.1. The van der Waals surface area contributed by atoms with Crippen molar-refractivity contribution in [1.82, 2.24) is 4.98 Å². The van der Waals surface area contributed by atoms with E-state index < -0.39 is 5.97 Å². The highest BCUT2D eigenvalue weighted by Gasteiger charge is 2.02. The van der Waals surface area contributed by atoms with Crippen molar-refractivity contribution < 1.29 is 19.0 Å². The number of benzene rings is 2. The van der Waals surface area contributed by atoms with Gasteiger partial charge in [0.05, 0.1) is 12.8 Å². The lowest BCUT2D eigenvalue weighted by Gasteiger charge is -2.07. The molecule has 0 fully saturated rings. The van der Waals surface area contributed by atoms with Crippen molar-refractivity contribution in [3.8, 4) is 11.5 Å². The fourth-order valence-electron chi connectivity index (χ4n) is 2.53. The van der Waals surface area contributed by atoms with Crippen molar-refractivity contribution in [2.45, 2.75) is 13.2 Å². The largest absolute Gasteiger partial charge is 0.495 e. The highest BCUT2D eigenvalue weighted by atomic mass is 16.5. The number of rotatable bonds is 8. The van der Waals surface area contributed by atoms with E-state index in [4.69, 9.17) is 19.9 Å². The average Bonchev–Trinajstić information content (AvgIpc) is 2.77. The highest BCUT2D eigenvalue weighted by Crippen LogP contribution is 2.22. The van der Waals surface area contributed by atoms with Gasteiger partial charge in [-0.3, -0.25) is 4.98 Å². The summed E-state index contributed by atoms with van der Waals surface area (Å²) < 4.78 is 16.2. The first-order valence-corrected chi connectivity index (χ1v) is 9.03. The van der Waals surface area contributed by atoms with E-state index in [9.17, 15) is 4.79 Å². The monoisotopic (exact) mass is 390 g/mol. The molecule has 3 rings (SSSR count). The summed E-state index contributed by atoms with van der Waals surface area (Å²) in [5.41, 5.74) is 9.03. The summed E-state index contributed by atoms with van der Waals surface area (Å²) in [6.07, 6.45) is 6.49. The maximum atomic E-state index is 11.9. The number of pyridine rings is 1. The predicted molar refractivity (Wildman–Crippen MR) is 111 cm³/mol. The third kappa shape index (κ3) is 6.10. The predicted octanol–water partition coefficient (Wildman–Crippen LogP) is 4.01. The maximum Gasteiger partial charge on any atom is 0.331 e. The lowest BCUT2D eigenvalue weighted by molar-refractivity contribution is -0.138. The number of nitrogen functional groups attached to an aromatic ring is 1. The molecule has 29 heavy (non-hydrogen) atoms. The Kier molecular flexibility index (Phi) is 6.84. The summed E-state index contributed by atoms with van der Waals surface area (Å²) in [6.45, 7) is 0.649. The number of anilines is 1. The van der Waals surface area contributed by atoms with Crippen LogP contribution in [0.2, 0.25) is 0 Å². The lowest BCUT2D eigenvalue weighted by Crippen LogP contribution is -2.01. The van der Waals surface area contributed by atoms with Gasteiger partial charge in [0.1, 0.15) is 24.7 Å². The maximum absolute atomic E-state index is 11.9. The van der Waals surface area contributed by atoms with Crippen LogP contribution in [0.15, 0.2) is 73.1 Å². The average molecular weight is 390 g/mol. The van der Waals surface area contributed by atoms with Crippen LogP contribution in [0.25, 0.3) is 6.08 Å². The van der Waals surface area contributed by atoms with E-state index in [1.54, 1.807) is 43.8 Å². The number of methoxy groups -OCH3 is 1. The zero-order valence-corrected chi connectivity index (χ0v) is 16.1. The molecule has 148 valence electrons. The number of ether oxygens (including phenoxy) is 3. The molecule has 3 aromatic rings. The summed E-state index contributed by atoms with van der Waals surface area (Å²) in [6, 6.07) is 16.5. The van der Waals surface area contributed by atoms with Crippen LogP contribution in [0.1, 0.15) is 16.7 Å². The number of nitrogens with zero attached hydrogens (tertiary/aromatic N) is 1. The number of carbonyl (C=O) groups excluding carboxylic acids is 1. The molecule has 0 aliphatic rings. The fraction of sp³-hybridized carbons (Fsp3) is 0.130. The van der Waals surface area contributed by atoms with E-state index in [0.717, 1.165) is 22.4 Å². The number of esters is 1. The van der Waals surface area contributed by atoms with Gasteiger partial charge in [-0.2, -0.15) is 0 Å². The number of nitrogens with two attached hydrogens (primary N) is 1. The van der Waals surface area contributed by atoms with Gasteiger partial charge in [-0.25, -0.2) is 4.79 Å². The Hall–Kier alpha value is -3.80. The van der Waals surface area contributed by atoms with Crippen molar-refractivity contribution in [2.24, 2.45) is 0 Å². The molecule has 0 unspecified atom stereocenters. The molecule has 0 saturated heterocycles. The lowest BCUT2D eigenvalue weighted by atomic mass is 10.2. The molecular weight excluding hydrogens is 368 g/mol. The number of hydrogen-bond acceptors (Lipinski definition) is 6. The number of aromatic nitrogens is 1. The summed E-state index contributed by atoms with van der Waals surface area (Å²) >= 11 is 0. The first kappa shape index (κ1) is 19.9. The van der Waals surface area contributed by atoms with Crippen LogP contribution < -0.4 is 15.2 Å². The van der Waals surface area contributed by atoms with Gasteiger partial charge in [-0.15, -0.1) is 0 Å². The normalized spacial score (nSPS) is 10.7. The van der Waals surface area contributed by atoms with Crippen molar-refractivity contribution >= 4 is 17.7 Å². The zero-order valence-electron chi connectivity index (χ0n) is 16.1. The Bertz CT molecular complexity index is 970. The number of hydrogen-bond donors (Lipinski definition) is 1. The Labute approximate surface area is 169 Å². The Balaban J connectivity index is 1.47. The van der Waals surface area contributed by atoms with E-state index in [-0.39, 0.29) is 6.61 Å². The van der Waals surface area contributed by atoms with Gasteiger partial charge in [-0.1, -0.05) is 18.2 Å². The molecule has 0 saturated carbocycles. The third-order valence-electron chi connectivity index (χ3n) is 4.13. The summed E-state index contributed by atoms with van der Waals surface area (Å²) in [7, 11) is 1.54. The Morgan fingerprint density at radius 1 is 1.00 bits per heavy atom. The van der Waals surface area contributed by atoms with E-state index in [2.05, 4.69) is 4.98 Å². The molecule has 1 heterocycles. The molecule has 0 amide bonds. The van der Waals surface area contributed by atoms with Crippen LogP contribution in [0.4, 0.5) is 5.69 Å². The fourth-order valence-corrected chi connectivity index (χ4v) is 2.53. The van der Waals surface area contributed by atoms with E-state index in [1.807, 2.05) is 36.4 Å². The molecule has 0 spiro atoms. The molecular formula is C23H22N2O4. The molecule has 0 aliphatic carbocycles. The molecule has 6 heteroatoms. The van der Waals surface area contributed by atoms with Crippen LogP contribution in [0, 0.1) is 0 Å². The van der Waals surface area contributed by atoms with Crippen LogP contribution in [0.5, 0.6) is 11.5 Å². The van der Waals surface area contributed by atoms with Crippen LogP contribution in [-0.2, 0) is 22.7 Å². The minimum Gasteiger partial charge on any atom is -0.495 e. The van der Waals surface area contributed by atoms with Gasteiger partial charge < -0.3 is 19.9 Å². The van der Waals surface area contributed by atoms with Crippen molar-refractivity contribution in [2.75, 3.05) is 12.8 Å². The van der Waals surface area contributed by atoms with E-state index in [1.165, 1.54) is 6.08 Å². The Morgan fingerprint density at radius 3 is 2.45 bits per heavy atom. The quantitative estimate of drug-likeness (QED) is 0.355. The van der Waals surface area contributed by atoms with Gasteiger partial charge in [-0.05, 0) is 59.2 Å². The molecule has 0 radical (unpaired) electrons. The van der Waals surface area contributed by atoms with Gasteiger partial charge in [0.15, 0.2) is 0 Å². The molecule has 2 aromatic carbocycles. The van der Waals surface area contributed by atoms with Crippen molar-refractivity contribution in [1.29, 1.82) is 0 Å². The minimum atomic E-state index is -0.432. The zero-order chi connectivity index (χ0) is 20.5. The molecule has 1 aromatic heterocycles. The summed E-state index contributed by atoms with van der Waals surface area (Å²) in [5.74, 6) is 0.875. The van der Waals surface area contributed by atoms with Crippen LogP contribution in [-0.4, -0.2) is 18.1 Å². The number of carbonyl (C=O) groups is 1. The topological polar surface area (TPSA) is 83.7 Å². The van der Waals surface area contributed by atoms with Crippen molar-refractivity contribution in [3.05, 3.63) is 89.8 Å². The summed E-state index contributed by atoms with van der Waals surface area (Å²) in [4.78, 5) is 15.9. The molecule has 0 aliphatic heterocycles. The highest BCUT2D eigenvalue weighted by molar-refractivity contribution is 5.87. The van der Waals surface area contributed by atoms with E-state index in [0.29, 0.717) is 18.0 Å². The molecule has 0 atom stereocenters. The second-order valence-electron chi connectivity index (χ2n) is 6.23. The summed E-state index contributed by atoms with van der Waals surface area (Å²) in [5, 5.41) is 0. The second kappa shape index (κ2) is 9.94. The molecule has 6 nitrogen and oxygen atoms in total. The van der Waals surface area contributed by atoms with Gasteiger partial charge in [0.2, 0.25) is 0 Å².